The number of aryl methyl sites for hydroxylation is 1. The third-order valence-electron chi connectivity index (χ3n) is 5.06. The van der Waals surface area contributed by atoms with Crippen LogP contribution in [-0.4, -0.2) is 14.7 Å². The van der Waals surface area contributed by atoms with Crippen LogP contribution in [0.2, 0.25) is 5.02 Å². The van der Waals surface area contributed by atoms with Gasteiger partial charge in [0.15, 0.2) is 5.76 Å². The lowest BCUT2D eigenvalue weighted by Crippen LogP contribution is -2.23. The molecule has 0 unspecified atom stereocenters. The zero-order chi connectivity index (χ0) is 19.3. The predicted octanol–water partition coefficient (Wildman–Crippen LogP) is 4.96. The first-order chi connectivity index (χ1) is 13.6. The number of hydrogen-bond donors (Lipinski definition) is 1. The van der Waals surface area contributed by atoms with Gasteiger partial charge in [-0.3, -0.25) is 4.57 Å². The van der Waals surface area contributed by atoms with E-state index in [-0.39, 0.29) is 0 Å². The summed E-state index contributed by atoms with van der Waals surface area (Å²) in [5.74, 6) is 1.65. The van der Waals surface area contributed by atoms with Crippen LogP contribution in [0.4, 0.5) is 11.5 Å². The van der Waals surface area contributed by atoms with Crippen molar-refractivity contribution in [3.63, 3.8) is 0 Å². The van der Waals surface area contributed by atoms with Gasteiger partial charge in [-0.25, -0.2) is 4.79 Å². The highest BCUT2D eigenvalue weighted by Gasteiger charge is 2.25. The molecule has 1 N–H and O–H groups in total. The first kappa shape index (κ1) is 17.0. The fourth-order valence-electron chi connectivity index (χ4n) is 3.42. The number of aromatic nitrogens is 3. The summed E-state index contributed by atoms with van der Waals surface area (Å²) in [5, 5.41) is 8.28. The van der Waals surface area contributed by atoms with E-state index in [1.807, 2.05) is 24.3 Å². The van der Waals surface area contributed by atoms with Crippen LogP contribution < -0.4 is 11.0 Å². The molecular weight excluding hydrogens is 376 g/mol. The second-order valence-electron chi connectivity index (χ2n) is 7.00. The van der Waals surface area contributed by atoms with E-state index in [0.717, 1.165) is 10.9 Å². The highest BCUT2D eigenvalue weighted by Crippen LogP contribution is 2.41. The van der Waals surface area contributed by atoms with Crippen molar-refractivity contribution in [3.05, 3.63) is 75.5 Å². The number of anilines is 2. The lowest BCUT2D eigenvalue weighted by atomic mass is 10.1. The topological polar surface area (TPSA) is 73.0 Å². The Balaban J connectivity index is 1.78. The van der Waals surface area contributed by atoms with Gasteiger partial charge in [0.05, 0.1) is 22.4 Å². The van der Waals surface area contributed by atoms with Crippen molar-refractivity contribution in [2.45, 2.75) is 25.7 Å². The minimum absolute atomic E-state index is 0.398. The lowest BCUT2D eigenvalue weighted by Gasteiger charge is -2.15. The molecular formula is C21H17ClN4O2. The summed E-state index contributed by atoms with van der Waals surface area (Å²) in [5.41, 5.74) is 2.90. The van der Waals surface area contributed by atoms with Crippen LogP contribution in [0, 0.1) is 6.92 Å². The van der Waals surface area contributed by atoms with Gasteiger partial charge in [0.1, 0.15) is 11.5 Å². The maximum absolute atomic E-state index is 13.0. The SMILES string of the molecule is Cc1oncc1Nc1nc(=O)n(-c2ccccc2Cl)c2cc(C3CC3)ccc12. The van der Waals surface area contributed by atoms with Gasteiger partial charge in [0.25, 0.3) is 0 Å². The number of fused-ring (bicyclic) bond motifs is 1. The number of nitrogens with zero attached hydrogens (tertiary/aromatic N) is 3. The molecule has 1 fully saturated rings. The standard InChI is InChI=1S/C21H17ClN4O2/c1-12-17(11-23-28-12)24-20-15-9-8-14(13-6-7-13)10-19(15)26(21(27)25-20)18-5-3-2-4-16(18)22/h2-5,8-11,13H,6-7H2,1H3,(H,24,25,27). The summed E-state index contributed by atoms with van der Waals surface area (Å²) >= 11 is 6.40. The number of para-hydroxylation sites is 1. The number of halogens is 1. The maximum atomic E-state index is 13.0. The molecule has 7 heteroatoms. The van der Waals surface area contributed by atoms with Gasteiger partial charge in [-0.05, 0) is 55.5 Å². The Labute approximate surface area is 165 Å². The second-order valence-corrected chi connectivity index (χ2v) is 7.41. The Morgan fingerprint density at radius 1 is 1.21 bits per heavy atom. The van der Waals surface area contributed by atoms with Crippen LogP contribution >= 0.6 is 11.6 Å². The third-order valence-corrected chi connectivity index (χ3v) is 5.38. The molecule has 5 rings (SSSR count). The van der Waals surface area contributed by atoms with Crippen LogP contribution in [0.1, 0.15) is 30.1 Å². The van der Waals surface area contributed by atoms with E-state index in [2.05, 4.69) is 27.6 Å². The van der Waals surface area contributed by atoms with E-state index in [0.29, 0.717) is 33.9 Å². The molecule has 28 heavy (non-hydrogen) atoms. The van der Waals surface area contributed by atoms with E-state index in [9.17, 15) is 4.79 Å². The van der Waals surface area contributed by atoms with Crippen LogP contribution in [0.5, 0.6) is 0 Å². The normalized spacial score (nSPS) is 13.8. The monoisotopic (exact) mass is 392 g/mol. The molecule has 6 nitrogen and oxygen atoms in total. The molecule has 0 spiro atoms. The summed E-state index contributed by atoms with van der Waals surface area (Å²) in [6.45, 7) is 1.80. The molecule has 1 saturated carbocycles. The molecule has 0 saturated heterocycles. The zero-order valence-electron chi connectivity index (χ0n) is 15.1. The molecule has 0 amide bonds. The highest BCUT2D eigenvalue weighted by atomic mass is 35.5. The maximum Gasteiger partial charge on any atom is 0.354 e. The molecule has 1 aliphatic carbocycles. The van der Waals surface area contributed by atoms with Crippen molar-refractivity contribution >= 4 is 34.0 Å². The number of hydrogen-bond acceptors (Lipinski definition) is 5. The smallest absolute Gasteiger partial charge is 0.354 e. The molecule has 2 aromatic heterocycles. The summed E-state index contributed by atoms with van der Waals surface area (Å²) in [6, 6.07) is 13.5. The Morgan fingerprint density at radius 2 is 2.04 bits per heavy atom. The molecule has 2 aromatic carbocycles. The lowest BCUT2D eigenvalue weighted by molar-refractivity contribution is 0.398. The fourth-order valence-corrected chi connectivity index (χ4v) is 3.64. The summed E-state index contributed by atoms with van der Waals surface area (Å²) in [4.78, 5) is 17.3. The number of nitrogens with one attached hydrogen (secondary N) is 1. The average molecular weight is 393 g/mol. The molecule has 140 valence electrons. The Kier molecular flexibility index (Phi) is 3.94. The molecule has 4 aromatic rings. The third kappa shape index (κ3) is 2.86. The summed E-state index contributed by atoms with van der Waals surface area (Å²) in [7, 11) is 0. The Bertz CT molecular complexity index is 1260. The van der Waals surface area contributed by atoms with Crippen molar-refractivity contribution in [2.75, 3.05) is 5.32 Å². The highest BCUT2D eigenvalue weighted by molar-refractivity contribution is 6.32. The van der Waals surface area contributed by atoms with Gasteiger partial charge in [0.2, 0.25) is 0 Å². The average Bonchev–Trinajstić information content (AvgIpc) is 3.46. The minimum Gasteiger partial charge on any atom is -0.359 e. The van der Waals surface area contributed by atoms with E-state index in [1.54, 1.807) is 23.8 Å². The second kappa shape index (κ2) is 6.49. The molecule has 0 atom stereocenters. The zero-order valence-corrected chi connectivity index (χ0v) is 15.9. The van der Waals surface area contributed by atoms with Gasteiger partial charge in [-0.15, -0.1) is 0 Å². The van der Waals surface area contributed by atoms with Crippen LogP contribution in [0.3, 0.4) is 0 Å². The molecule has 1 aliphatic rings. The number of rotatable bonds is 4. The van der Waals surface area contributed by atoms with Crippen LogP contribution in [0.15, 0.2) is 58.0 Å². The molecule has 0 bridgehead atoms. The van der Waals surface area contributed by atoms with E-state index in [1.165, 1.54) is 18.4 Å². The first-order valence-electron chi connectivity index (χ1n) is 9.12. The van der Waals surface area contributed by atoms with Crippen molar-refractivity contribution in [1.29, 1.82) is 0 Å². The molecule has 0 radical (unpaired) electrons. The fraction of sp³-hybridized carbons (Fsp3) is 0.190. The van der Waals surface area contributed by atoms with Gasteiger partial charge in [0, 0.05) is 5.39 Å². The predicted molar refractivity (Wildman–Crippen MR) is 109 cm³/mol. The van der Waals surface area contributed by atoms with Gasteiger partial charge < -0.3 is 9.84 Å². The molecule has 2 heterocycles. The van der Waals surface area contributed by atoms with Crippen LogP contribution in [-0.2, 0) is 0 Å². The molecule has 0 aliphatic heterocycles. The van der Waals surface area contributed by atoms with Crippen molar-refractivity contribution in [1.82, 2.24) is 14.7 Å². The largest absolute Gasteiger partial charge is 0.359 e. The van der Waals surface area contributed by atoms with Gasteiger partial charge in [-0.1, -0.05) is 35.0 Å². The van der Waals surface area contributed by atoms with Crippen molar-refractivity contribution in [2.24, 2.45) is 0 Å². The van der Waals surface area contributed by atoms with Crippen LogP contribution in [0.25, 0.3) is 16.6 Å². The van der Waals surface area contributed by atoms with E-state index < -0.39 is 5.69 Å². The quantitative estimate of drug-likeness (QED) is 0.531. The van der Waals surface area contributed by atoms with Gasteiger partial charge >= 0.3 is 5.69 Å². The summed E-state index contributed by atoms with van der Waals surface area (Å²) in [6.07, 6.45) is 3.93. The first-order valence-corrected chi connectivity index (χ1v) is 9.49. The van der Waals surface area contributed by atoms with Crippen molar-refractivity contribution in [3.8, 4) is 5.69 Å². The van der Waals surface area contributed by atoms with E-state index in [4.69, 9.17) is 16.1 Å². The minimum atomic E-state index is -0.398. The van der Waals surface area contributed by atoms with Gasteiger partial charge in [-0.2, -0.15) is 4.98 Å². The number of benzene rings is 2. The summed E-state index contributed by atoms with van der Waals surface area (Å²) < 4.78 is 6.68. The van der Waals surface area contributed by atoms with E-state index >= 15 is 0 Å². The van der Waals surface area contributed by atoms with Crippen molar-refractivity contribution < 1.29 is 4.52 Å². The Hall–Kier alpha value is -3.12. The Morgan fingerprint density at radius 3 is 2.75 bits per heavy atom.